The maximum Gasteiger partial charge on any atom is 0.230 e. The van der Waals surface area contributed by atoms with Crippen molar-refractivity contribution in [1.82, 2.24) is 14.9 Å². The van der Waals surface area contributed by atoms with Gasteiger partial charge in [0.05, 0.1) is 5.39 Å². The van der Waals surface area contributed by atoms with Crippen LogP contribution in [0.3, 0.4) is 0 Å². The first-order chi connectivity index (χ1) is 14.2. The van der Waals surface area contributed by atoms with E-state index in [1.165, 1.54) is 54.4 Å². The number of rotatable bonds is 5. The lowest BCUT2D eigenvalue weighted by molar-refractivity contribution is 0.221. The fourth-order valence-electron chi connectivity index (χ4n) is 4.74. The minimum absolute atomic E-state index is 0.492. The summed E-state index contributed by atoms with van der Waals surface area (Å²) in [4.78, 5) is 14.8. The third-order valence-electron chi connectivity index (χ3n) is 6.36. The molecule has 2 aromatic heterocycles. The van der Waals surface area contributed by atoms with E-state index in [1.54, 1.807) is 0 Å². The summed E-state index contributed by atoms with van der Waals surface area (Å²) in [6, 6.07) is 11.4. The summed E-state index contributed by atoms with van der Waals surface area (Å²) < 4.78 is 0. The second-order valence-corrected chi connectivity index (χ2v) is 9.62. The molecule has 1 fully saturated rings. The predicted molar refractivity (Wildman–Crippen MR) is 123 cm³/mol. The van der Waals surface area contributed by atoms with E-state index in [4.69, 9.17) is 9.97 Å². The minimum atomic E-state index is 0.492. The number of fused-ring (bicyclic) bond motifs is 3. The van der Waals surface area contributed by atoms with E-state index in [2.05, 4.69) is 41.8 Å². The Kier molecular flexibility index (Phi) is 5.14. The van der Waals surface area contributed by atoms with Gasteiger partial charge in [-0.2, -0.15) is 4.98 Å². The molecular weight excluding hydrogens is 378 g/mol. The van der Waals surface area contributed by atoms with Crippen LogP contribution in [0.4, 0.5) is 17.5 Å². The van der Waals surface area contributed by atoms with Crippen molar-refractivity contribution in [3.05, 3.63) is 40.8 Å². The molecule has 1 saturated carbocycles. The highest BCUT2D eigenvalue weighted by Crippen LogP contribution is 2.41. The Morgan fingerprint density at radius 1 is 1.00 bits per heavy atom. The van der Waals surface area contributed by atoms with Gasteiger partial charge in [0, 0.05) is 22.6 Å². The van der Waals surface area contributed by atoms with Gasteiger partial charge in [-0.05, 0) is 76.7 Å². The van der Waals surface area contributed by atoms with Crippen LogP contribution in [0, 0.1) is 0 Å². The molecule has 0 aliphatic heterocycles. The fourth-order valence-corrected chi connectivity index (χ4v) is 6.00. The molecule has 2 heterocycles. The lowest BCUT2D eigenvalue weighted by Crippen LogP contribution is -2.36. The van der Waals surface area contributed by atoms with E-state index in [9.17, 15) is 0 Å². The summed E-state index contributed by atoms with van der Waals surface area (Å²) in [5.74, 6) is 1.72. The van der Waals surface area contributed by atoms with Gasteiger partial charge in [0.15, 0.2) is 0 Å². The van der Waals surface area contributed by atoms with E-state index in [-0.39, 0.29) is 0 Å². The summed E-state index contributed by atoms with van der Waals surface area (Å²) in [5.41, 5.74) is 2.51. The van der Waals surface area contributed by atoms with Gasteiger partial charge in [0.1, 0.15) is 10.6 Å². The molecule has 0 saturated heterocycles. The average molecular weight is 408 g/mol. The molecule has 152 valence electrons. The molecule has 5 rings (SSSR count). The number of hydrogen-bond acceptors (Lipinski definition) is 6. The second-order valence-electron chi connectivity index (χ2n) is 8.54. The standard InChI is InChI=1S/C23H29N5S/c1-28(2)17-13-11-16(12-14-17)24-21-20-18-9-6-10-19(18)29-22(20)27-23(26-21)25-15-7-4-3-5-8-15/h3-5,7-8,16-17H,6,9-14H2,1-2H3,(H2,24,25,26,27)/t16-,17-. The molecule has 0 bridgehead atoms. The van der Waals surface area contributed by atoms with Crippen LogP contribution in [-0.4, -0.2) is 41.0 Å². The van der Waals surface area contributed by atoms with Crippen LogP contribution in [0.1, 0.15) is 42.5 Å². The van der Waals surface area contributed by atoms with E-state index in [0.717, 1.165) is 22.8 Å². The van der Waals surface area contributed by atoms with Crippen molar-refractivity contribution in [2.24, 2.45) is 0 Å². The number of benzene rings is 1. The first kappa shape index (κ1) is 18.8. The minimum Gasteiger partial charge on any atom is -0.367 e. The number of aromatic nitrogens is 2. The zero-order chi connectivity index (χ0) is 19.8. The molecule has 0 spiro atoms. The van der Waals surface area contributed by atoms with Gasteiger partial charge in [-0.3, -0.25) is 0 Å². The van der Waals surface area contributed by atoms with Crippen LogP contribution >= 0.6 is 11.3 Å². The summed E-state index contributed by atoms with van der Waals surface area (Å²) in [6.07, 6.45) is 8.49. The smallest absolute Gasteiger partial charge is 0.230 e. The van der Waals surface area contributed by atoms with Crippen LogP contribution in [-0.2, 0) is 12.8 Å². The van der Waals surface area contributed by atoms with Gasteiger partial charge in [-0.1, -0.05) is 18.2 Å². The van der Waals surface area contributed by atoms with Crippen molar-refractivity contribution in [2.45, 2.75) is 57.0 Å². The van der Waals surface area contributed by atoms with Gasteiger partial charge in [0.2, 0.25) is 5.95 Å². The zero-order valence-electron chi connectivity index (χ0n) is 17.2. The molecule has 2 aliphatic rings. The third-order valence-corrected chi connectivity index (χ3v) is 7.55. The van der Waals surface area contributed by atoms with Crippen LogP contribution in [0.5, 0.6) is 0 Å². The number of para-hydroxylation sites is 1. The number of nitrogens with zero attached hydrogens (tertiary/aromatic N) is 3. The third kappa shape index (κ3) is 3.83. The molecule has 2 aliphatic carbocycles. The molecule has 0 atom stereocenters. The molecule has 0 unspecified atom stereocenters. The second kappa shape index (κ2) is 7.92. The molecule has 2 N–H and O–H groups in total. The lowest BCUT2D eigenvalue weighted by Gasteiger charge is -2.33. The first-order valence-corrected chi connectivity index (χ1v) is 11.6. The van der Waals surface area contributed by atoms with Crippen LogP contribution in [0.2, 0.25) is 0 Å². The summed E-state index contributed by atoms with van der Waals surface area (Å²) in [6.45, 7) is 0. The molecule has 6 heteroatoms. The predicted octanol–water partition coefficient (Wildman–Crippen LogP) is 5.21. The summed E-state index contributed by atoms with van der Waals surface area (Å²) >= 11 is 1.85. The van der Waals surface area contributed by atoms with Crippen molar-refractivity contribution < 1.29 is 0 Å². The van der Waals surface area contributed by atoms with Gasteiger partial charge in [0.25, 0.3) is 0 Å². The Bertz CT molecular complexity index is 989. The zero-order valence-corrected chi connectivity index (χ0v) is 18.1. The molecule has 0 radical (unpaired) electrons. The topological polar surface area (TPSA) is 53.1 Å². The number of aryl methyl sites for hydroxylation is 2. The van der Waals surface area contributed by atoms with E-state index in [1.807, 2.05) is 29.5 Å². The van der Waals surface area contributed by atoms with Gasteiger partial charge < -0.3 is 15.5 Å². The average Bonchev–Trinajstić information content (AvgIpc) is 3.30. The van der Waals surface area contributed by atoms with E-state index in [0.29, 0.717) is 18.0 Å². The Balaban J connectivity index is 1.45. The van der Waals surface area contributed by atoms with Crippen LogP contribution in [0.25, 0.3) is 10.2 Å². The van der Waals surface area contributed by atoms with Crippen molar-refractivity contribution in [3.8, 4) is 0 Å². The molecule has 0 amide bonds. The summed E-state index contributed by atoms with van der Waals surface area (Å²) in [7, 11) is 4.39. The molecule has 5 nitrogen and oxygen atoms in total. The maximum absolute atomic E-state index is 4.96. The maximum atomic E-state index is 4.96. The van der Waals surface area contributed by atoms with Gasteiger partial charge in [-0.15, -0.1) is 11.3 Å². The molecular formula is C23H29N5S. The monoisotopic (exact) mass is 407 g/mol. The Morgan fingerprint density at radius 2 is 1.79 bits per heavy atom. The normalized spacial score (nSPS) is 21.5. The summed E-state index contributed by atoms with van der Waals surface area (Å²) in [5, 5.41) is 8.49. The Morgan fingerprint density at radius 3 is 2.55 bits per heavy atom. The highest BCUT2D eigenvalue weighted by Gasteiger charge is 2.26. The largest absolute Gasteiger partial charge is 0.367 e. The van der Waals surface area contributed by atoms with Gasteiger partial charge >= 0.3 is 0 Å². The highest BCUT2D eigenvalue weighted by atomic mass is 32.1. The molecule has 3 aromatic rings. The number of hydrogen-bond donors (Lipinski definition) is 2. The highest BCUT2D eigenvalue weighted by molar-refractivity contribution is 7.19. The lowest BCUT2D eigenvalue weighted by atomic mass is 9.90. The van der Waals surface area contributed by atoms with Crippen molar-refractivity contribution in [1.29, 1.82) is 0 Å². The van der Waals surface area contributed by atoms with Crippen molar-refractivity contribution in [3.63, 3.8) is 0 Å². The van der Waals surface area contributed by atoms with Crippen LogP contribution in [0.15, 0.2) is 30.3 Å². The first-order valence-electron chi connectivity index (χ1n) is 10.7. The van der Waals surface area contributed by atoms with E-state index < -0.39 is 0 Å². The fraction of sp³-hybridized carbons (Fsp3) is 0.478. The SMILES string of the molecule is CN(C)[C@H]1CC[C@H](Nc2nc(Nc3ccccc3)nc3sc4c(c23)CCC4)CC1. The number of thiophene rings is 1. The number of anilines is 3. The quantitative estimate of drug-likeness (QED) is 0.608. The Hall–Kier alpha value is -2.18. The van der Waals surface area contributed by atoms with Crippen LogP contribution < -0.4 is 10.6 Å². The van der Waals surface area contributed by atoms with Crippen molar-refractivity contribution in [2.75, 3.05) is 24.7 Å². The Labute approximate surface area is 176 Å². The molecule has 29 heavy (non-hydrogen) atoms. The van der Waals surface area contributed by atoms with Gasteiger partial charge in [-0.25, -0.2) is 4.98 Å². The van der Waals surface area contributed by atoms with Crippen molar-refractivity contribution >= 4 is 39.0 Å². The number of nitrogens with one attached hydrogen (secondary N) is 2. The molecule has 1 aromatic carbocycles. The van der Waals surface area contributed by atoms with E-state index >= 15 is 0 Å².